The topological polar surface area (TPSA) is 87.5 Å². The van der Waals surface area contributed by atoms with Crippen molar-refractivity contribution in [2.24, 2.45) is 5.73 Å². The SMILES string of the molecule is CC1=C(CC(=O)NCc2cc(Cl)ccc2CN)C(=O)N(NCc2ccc(Cl)s2)CC1. The number of nitrogens with one attached hydrogen (secondary N) is 2. The van der Waals surface area contributed by atoms with E-state index in [0.717, 1.165) is 28.0 Å². The molecule has 1 aromatic heterocycles. The number of nitrogens with zero attached hydrogens (tertiary/aromatic N) is 1. The fraction of sp³-hybridized carbons (Fsp3) is 0.333. The van der Waals surface area contributed by atoms with Gasteiger partial charge in [0.1, 0.15) is 0 Å². The van der Waals surface area contributed by atoms with Gasteiger partial charge in [-0.05, 0) is 48.7 Å². The Hall–Kier alpha value is -1.90. The maximum absolute atomic E-state index is 12.9. The molecule has 30 heavy (non-hydrogen) atoms. The Kier molecular flexibility index (Phi) is 7.91. The van der Waals surface area contributed by atoms with Gasteiger partial charge >= 0.3 is 0 Å². The fourth-order valence-corrected chi connectivity index (χ4v) is 4.46. The first-order valence-electron chi connectivity index (χ1n) is 9.59. The van der Waals surface area contributed by atoms with E-state index >= 15 is 0 Å². The molecule has 0 radical (unpaired) electrons. The Morgan fingerprint density at radius 2 is 2.00 bits per heavy atom. The first-order valence-corrected chi connectivity index (χ1v) is 11.2. The Balaban J connectivity index is 1.58. The number of hydrogen-bond donors (Lipinski definition) is 3. The van der Waals surface area contributed by atoms with Gasteiger partial charge in [0.15, 0.2) is 0 Å². The molecule has 0 unspecified atom stereocenters. The van der Waals surface area contributed by atoms with Crippen LogP contribution in [0.2, 0.25) is 9.36 Å². The molecule has 9 heteroatoms. The van der Waals surface area contributed by atoms with Gasteiger partial charge in [0.2, 0.25) is 5.91 Å². The molecule has 0 fully saturated rings. The van der Waals surface area contributed by atoms with Crippen molar-refractivity contribution >= 4 is 46.4 Å². The molecule has 6 nitrogen and oxygen atoms in total. The van der Waals surface area contributed by atoms with E-state index in [0.29, 0.717) is 41.1 Å². The number of nitrogens with two attached hydrogens (primary N) is 1. The number of thiophene rings is 1. The molecule has 0 saturated heterocycles. The molecule has 3 rings (SSSR count). The normalized spacial score (nSPS) is 14.4. The van der Waals surface area contributed by atoms with Crippen LogP contribution in [0, 0.1) is 0 Å². The van der Waals surface area contributed by atoms with Crippen molar-refractivity contribution in [2.45, 2.75) is 39.4 Å². The van der Waals surface area contributed by atoms with Crippen LogP contribution in [0.4, 0.5) is 0 Å². The lowest BCUT2D eigenvalue weighted by atomic mass is 9.98. The summed E-state index contributed by atoms with van der Waals surface area (Å²) in [5.41, 5.74) is 12.2. The summed E-state index contributed by atoms with van der Waals surface area (Å²) in [5, 5.41) is 5.04. The van der Waals surface area contributed by atoms with E-state index in [1.807, 2.05) is 25.1 Å². The van der Waals surface area contributed by atoms with E-state index in [-0.39, 0.29) is 18.2 Å². The minimum atomic E-state index is -0.215. The average Bonchev–Trinajstić information content (AvgIpc) is 3.14. The van der Waals surface area contributed by atoms with E-state index in [9.17, 15) is 9.59 Å². The third-order valence-corrected chi connectivity index (χ3v) is 6.47. The van der Waals surface area contributed by atoms with Crippen LogP contribution in [0.1, 0.15) is 35.8 Å². The summed E-state index contributed by atoms with van der Waals surface area (Å²) < 4.78 is 0.711. The van der Waals surface area contributed by atoms with Gasteiger partial charge in [0.05, 0.1) is 10.8 Å². The van der Waals surface area contributed by atoms with Crippen LogP contribution in [0.3, 0.4) is 0 Å². The van der Waals surface area contributed by atoms with Crippen LogP contribution in [0.5, 0.6) is 0 Å². The standard InChI is InChI=1S/C21H24Cl2N4O2S/c1-13-6-7-27(26-12-17-4-5-19(23)30-17)21(29)18(13)9-20(28)25-11-15-8-16(22)3-2-14(15)10-24/h2-5,8,26H,6-7,9-12,24H2,1H3,(H,25,28). The second kappa shape index (κ2) is 10.4. The molecule has 0 atom stereocenters. The Labute approximate surface area is 190 Å². The molecule has 2 aromatic rings. The zero-order valence-electron chi connectivity index (χ0n) is 16.6. The molecule has 1 aliphatic heterocycles. The van der Waals surface area contributed by atoms with Crippen LogP contribution in [0.15, 0.2) is 41.5 Å². The number of hydrazine groups is 1. The van der Waals surface area contributed by atoms with Crippen molar-refractivity contribution < 1.29 is 9.59 Å². The molecular weight excluding hydrogens is 443 g/mol. The number of amides is 2. The zero-order valence-corrected chi connectivity index (χ0v) is 19.0. The highest BCUT2D eigenvalue weighted by molar-refractivity contribution is 7.16. The second-order valence-electron chi connectivity index (χ2n) is 7.08. The lowest BCUT2D eigenvalue weighted by Crippen LogP contribution is -2.46. The molecule has 0 bridgehead atoms. The number of rotatable bonds is 8. The maximum Gasteiger partial charge on any atom is 0.264 e. The average molecular weight is 467 g/mol. The molecule has 4 N–H and O–H groups in total. The predicted molar refractivity (Wildman–Crippen MR) is 121 cm³/mol. The van der Waals surface area contributed by atoms with Crippen LogP contribution >= 0.6 is 34.5 Å². The number of carbonyl (C=O) groups excluding carboxylic acids is 2. The molecule has 0 saturated carbocycles. The largest absolute Gasteiger partial charge is 0.352 e. The van der Waals surface area contributed by atoms with E-state index in [4.69, 9.17) is 28.9 Å². The van der Waals surface area contributed by atoms with Crippen LogP contribution in [-0.4, -0.2) is 23.4 Å². The van der Waals surface area contributed by atoms with E-state index < -0.39 is 0 Å². The molecule has 0 spiro atoms. The van der Waals surface area contributed by atoms with Crippen LogP contribution in [-0.2, 0) is 29.2 Å². The van der Waals surface area contributed by atoms with Crippen molar-refractivity contribution in [3.63, 3.8) is 0 Å². The highest BCUT2D eigenvalue weighted by Crippen LogP contribution is 2.23. The van der Waals surface area contributed by atoms with Crippen molar-refractivity contribution in [2.75, 3.05) is 6.54 Å². The van der Waals surface area contributed by atoms with Gasteiger partial charge in [-0.15, -0.1) is 11.3 Å². The Morgan fingerprint density at radius 3 is 2.70 bits per heavy atom. The minimum Gasteiger partial charge on any atom is -0.352 e. The highest BCUT2D eigenvalue weighted by atomic mass is 35.5. The van der Waals surface area contributed by atoms with Gasteiger partial charge < -0.3 is 11.1 Å². The summed E-state index contributed by atoms with van der Waals surface area (Å²) >= 11 is 13.5. The van der Waals surface area contributed by atoms with Gasteiger partial charge in [-0.3, -0.25) is 14.6 Å². The highest BCUT2D eigenvalue weighted by Gasteiger charge is 2.26. The molecule has 1 aliphatic rings. The smallest absolute Gasteiger partial charge is 0.264 e. The predicted octanol–water partition coefficient (Wildman–Crippen LogP) is 3.77. The molecule has 160 valence electrons. The third kappa shape index (κ3) is 5.83. The summed E-state index contributed by atoms with van der Waals surface area (Å²) in [4.78, 5) is 26.5. The summed E-state index contributed by atoms with van der Waals surface area (Å²) in [5.74, 6) is -0.380. The first kappa shape index (κ1) is 22.8. The van der Waals surface area contributed by atoms with E-state index in [2.05, 4.69) is 10.7 Å². The molecule has 2 amide bonds. The summed E-state index contributed by atoms with van der Waals surface area (Å²) in [6.07, 6.45) is 0.754. The molecule has 1 aromatic carbocycles. The van der Waals surface area contributed by atoms with Crippen LogP contribution in [0.25, 0.3) is 0 Å². The lowest BCUT2D eigenvalue weighted by Gasteiger charge is -2.29. The van der Waals surface area contributed by atoms with E-state index in [1.54, 1.807) is 17.1 Å². The van der Waals surface area contributed by atoms with Gasteiger partial charge in [0.25, 0.3) is 5.91 Å². The maximum atomic E-state index is 12.9. The molecular formula is C21H24Cl2N4O2S. The number of benzene rings is 1. The number of hydrogen-bond acceptors (Lipinski definition) is 5. The summed E-state index contributed by atoms with van der Waals surface area (Å²) in [7, 11) is 0. The van der Waals surface area contributed by atoms with E-state index in [1.165, 1.54) is 11.3 Å². The Morgan fingerprint density at radius 1 is 1.20 bits per heavy atom. The second-order valence-corrected chi connectivity index (χ2v) is 9.31. The Bertz CT molecular complexity index is 974. The molecule has 0 aliphatic carbocycles. The summed E-state index contributed by atoms with van der Waals surface area (Å²) in [6, 6.07) is 9.18. The third-order valence-electron chi connectivity index (χ3n) is 5.00. The van der Waals surface area contributed by atoms with Crippen molar-refractivity contribution in [1.29, 1.82) is 0 Å². The van der Waals surface area contributed by atoms with Gasteiger partial charge in [-0.1, -0.05) is 34.8 Å². The fourth-order valence-electron chi connectivity index (χ4n) is 3.25. The quantitative estimate of drug-likeness (QED) is 0.552. The molecule has 2 heterocycles. The number of halogens is 2. The lowest BCUT2D eigenvalue weighted by molar-refractivity contribution is -0.132. The van der Waals surface area contributed by atoms with Gasteiger partial charge in [-0.25, -0.2) is 5.43 Å². The zero-order chi connectivity index (χ0) is 21.7. The van der Waals surface area contributed by atoms with Crippen molar-refractivity contribution in [3.05, 3.63) is 66.8 Å². The first-order chi connectivity index (χ1) is 14.4. The minimum absolute atomic E-state index is 0.0339. The van der Waals surface area contributed by atoms with Gasteiger partial charge in [0, 0.05) is 41.7 Å². The van der Waals surface area contributed by atoms with Crippen molar-refractivity contribution in [3.8, 4) is 0 Å². The van der Waals surface area contributed by atoms with Gasteiger partial charge in [-0.2, -0.15) is 0 Å². The number of carbonyl (C=O) groups is 2. The summed E-state index contributed by atoms with van der Waals surface area (Å²) in [6.45, 7) is 3.66. The monoisotopic (exact) mass is 466 g/mol. The van der Waals surface area contributed by atoms with Crippen molar-refractivity contribution in [1.82, 2.24) is 15.8 Å². The van der Waals surface area contributed by atoms with Crippen LogP contribution < -0.4 is 16.5 Å².